The SMILES string of the molecule is CCCN1CCN(C(=O)c2ccccc2)[C@H](Cc2ccc(-c3cccnc3)cc2)C1=O. The van der Waals surface area contributed by atoms with Crippen molar-refractivity contribution in [3.8, 4) is 11.1 Å². The first kappa shape index (κ1) is 20.8. The Labute approximate surface area is 183 Å². The number of carbonyl (C=O) groups excluding carboxylic acids is 2. The molecular formula is C26H27N3O2. The Hall–Kier alpha value is -3.47. The molecule has 2 amide bonds. The first-order chi connectivity index (χ1) is 15.2. The first-order valence-electron chi connectivity index (χ1n) is 10.8. The molecule has 1 fully saturated rings. The van der Waals surface area contributed by atoms with E-state index in [-0.39, 0.29) is 11.8 Å². The van der Waals surface area contributed by atoms with E-state index in [1.54, 1.807) is 11.1 Å². The Morgan fingerprint density at radius 1 is 0.968 bits per heavy atom. The summed E-state index contributed by atoms with van der Waals surface area (Å²) in [6.45, 7) is 3.93. The molecule has 158 valence electrons. The lowest BCUT2D eigenvalue weighted by molar-refractivity contribution is -0.140. The van der Waals surface area contributed by atoms with Gasteiger partial charge in [0, 0.05) is 44.0 Å². The zero-order chi connectivity index (χ0) is 21.6. The Bertz CT molecular complexity index is 1020. The first-order valence-corrected chi connectivity index (χ1v) is 10.8. The maximum atomic E-state index is 13.3. The van der Waals surface area contributed by atoms with E-state index in [1.807, 2.05) is 77.8 Å². The van der Waals surface area contributed by atoms with Crippen LogP contribution < -0.4 is 0 Å². The fraction of sp³-hybridized carbons (Fsp3) is 0.269. The van der Waals surface area contributed by atoms with Crippen molar-refractivity contribution in [2.45, 2.75) is 25.8 Å². The molecular weight excluding hydrogens is 386 g/mol. The van der Waals surface area contributed by atoms with E-state index in [9.17, 15) is 9.59 Å². The van der Waals surface area contributed by atoms with Crippen LogP contribution in [0, 0.1) is 0 Å². The van der Waals surface area contributed by atoms with Gasteiger partial charge in [0.2, 0.25) is 5.91 Å². The van der Waals surface area contributed by atoms with Crippen LogP contribution in [0.15, 0.2) is 79.1 Å². The molecule has 0 bridgehead atoms. The topological polar surface area (TPSA) is 53.5 Å². The quantitative estimate of drug-likeness (QED) is 0.613. The van der Waals surface area contributed by atoms with Crippen LogP contribution in [0.5, 0.6) is 0 Å². The molecule has 3 aromatic rings. The Kier molecular flexibility index (Phi) is 6.41. The van der Waals surface area contributed by atoms with E-state index >= 15 is 0 Å². The van der Waals surface area contributed by atoms with Gasteiger partial charge in [0.05, 0.1) is 0 Å². The van der Waals surface area contributed by atoms with Crippen LogP contribution in [0.2, 0.25) is 0 Å². The highest BCUT2D eigenvalue weighted by atomic mass is 16.2. The Balaban J connectivity index is 1.58. The van der Waals surface area contributed by atoms with E-state index in [2.05, 4.69) is 11.9 Å². The van der Waals surface area contributed by atoms with Crippen molar-refractivity contribution in [1.82, 2.24) is 14.8 Å². The van der Waals surface area contributed by atoms with Gasteiger partial charge in [-0.25, -0.2) is 0 Å². The second-order valence-electron chi connectivity index (χ2n) is 7.85. The van der Waals surface area contributed by atoms with Crippen LogP contribution in [0.25, 0.3) is 11.1 Å². The summed E-state index contributed by atoms with van der Waals surface area (Å²) >= 11 is 0. The fourth-order valence-electron chi connectivity index (χ4n) is 4.11. The van der Waals surface area contributed by atoms with E-state index in [1.165, 1.54) is 0 Å². The molecule has 1 saturated heterocycles. The van der Waals surface area contributed by atoms with Gasteiger partial charge in [-0.15, -0.1) is 0 Å². The average Bonchev–Trinajstić information content (AvgIpc) is 2.83. The van der Waals surface area contributed by atoms with Gasteiger partial charge in [-0.2, -0.15) is 0 Å². The van der Waals surface area contributed by atoms with Crippen LogP contribution in [-0.4, -0.2) is 52.3 Å². The predicted octanol–water partition coefficient (Wildman–Crippen LogP) is 4.05. The molecule has 0 aliphatic carbocycles. The standard InChI is InChI=1S/C26H27N3O2/c1-2-15-28-16-17-29(25(30)22-7-4-3-5-8-22)24(26(28)31)18-20-10-12-21(13-11-20)23-9-6-14-27-19-23/h3-14,19,24H,2,15-18H2,1H3/t24-/m1/s1. The molecule has 5 nitrogen and oxygen atoms in total. The smallest absolute Gasteiger partial charge is 0.254 e. The van der Waals surface area contributed by atoms with Crippen molar-refractivity contribution in [2.75, 3.05) is 19.6 Å². The lowest BCUT2D eigenvalue weighted by Crippen LogP contribution is -2.59. The van der Waals surface area contributed by atoms with Gasteiger partial charge >= 0.3 is 0 Å². The molecule has 1 aliphatic heterocycles. The molecule has 0 radical (unpaired) electrons. The van der Waals surface area contributed by atoms with E-state index < -0.39 is 6.04 Å². The molecule has 5 heteroatoms. The van der Waals surface area contributed by atoms with Gasteiger partial charge in [0.25, 0.3) is 5.91 Å². The van der Waals surface area contributed by atoms with Crippen molar-refractivity contribution >= 4 is 11.8 Å². The molecule has 31 heavy (non-hydrogen) atoms. The van der Waals surface area contributed by atoms with Crippen LogP contribution >= 0.6 is 0 Å². The van der Waals surface area contributed by atoms with Gasteiger partial charge < -0.3 is 9.80 Å². The number of benzene rings is 2. The minimum Gasteiger partial charge on any atom is -0.339 e. The molecule has 1 atom stereocenters. The van der Waals surface area contributed by atoms with Crippen molar-refractivity contribution < 1.29 is 9.59 Å². The van der Waals surface area contributed by atoms with Crippen LogP contribution in [0.1, 0.15) is 29.3 Å². The summed E-state index contributed by atoms with van der Waals surface area (Å²) in [6.07, 6.45) is 5.01. The third kappa shape index (κ3) is 4.66. The van der Waals surface area contributed by atoms with Gasteiger partial charge in [0.1, 0.15) is 6.04 Å². The molecule has 0 unspecified atom stereocenters. The molecule has 0 N–H and O–H groups in total. The van der Waals surface area contributed by atoms with Gasteiger partial charge in [0.15, 0.2) is 0 Å². The number of carbonyl (C=O) groups is 2. The van der Waals surface area contributed by atoms with Gasteiger partial charge in [-0.3, -0.25) is 14.6 Å². The number of rotatable bonds is 6. The minimum absolute atomic E-state index is 0.0358. The van der Waals surface area contributed by atoms with E-state index in [4.69, 9.17) is 0 Å². The highest BCUT2D eigenvalue weighted by Crippen LogP contribution is 2.22. The summed E-state index contributed by atoms with van der Waals surface area (Å²) in [7, 11) is 0. The largest absolute Gasteiger partial charge is 0.339 e. The lowest BCUT2D eigenvalue weighted by Gasteiger charge is -2.41. The number of nitrogens with zero attached hydrogens (tertiary/aromatic N) is 3. The zero-order valence-corrected chi connectivity index (χ0v) is 17.8. The summed E-state index contributed by atoms with van der Waals surface area (Å²) in [5.41, 5.74) is 3.79. The molecule has 0 spiro atoms. The second-order valence-corrected chi connectivity index (χ2v) is 7.85. The lowest BCUT2D eigenvalue weighted by atomic mass is 9.98. The summed E-state index contributed by atoms with van der Waals surface area (Å²) in [6, 6.07) is 20.9. The Morgan fingerprint density at radius 3 is 2.42 bits per heavy atom. The molecule has 1 aliphatic rings. The molecule has 2 aromatic carbocycles. The summed E-state index contributed by atoms with van der Waals surface area (Å²) in [5, 5.41) is 0. The summed E-state index contributed by atoms with van der Waals surface area (Å²) in [5.74, 6) is -0.0456. The number of hydrogen-bond acceptors (Lipinski definition) is 3. The highest BCUT2D eigenvalue weighted by molar-refractivity contribution is 5.98. The number of amides is 2. The number of piperazine rings is 1. The van der Waals surface area contributed by atoms with Gasteiger partial charge in [-0.05, 0) is 41.3 Å². The van der Waals surface area contributed by atoms with Gasteiger partial charge in [-0.1, -0.05) is 55.5 Å². The van der Waals surface area contributed by atoms with Crippen molar-refractivity contribution in [3.05, 3.63) is 90.3 Å². The van der Waals surface area contributed by atoms with Crippen molar-refractivity contribution in [2.24, 2.45) is 0 Å². The monoisotopic (exact) mass is 413 g/mol. The number of hydrogen-bond donors (Lipinski definition) is 0. The third-order valence-corrected chi connectivity index (χ3v) is 5.74. The second kappa shape index (κ2) is 9.56. The highest BCUT2D eigenvalue weighted by Gasteiger charge is 2.37. The Morgan fingerprint density at radius 2 is 1.74 bits per heavy atom. The summed E-state index contributed by atoms with van der Waals surface area (Å²) < 4.78 is 0. The van der Waals surface area contributed by atoms with Crippen LogP contribution in [0.3, 0.4) is 0 Å². The van der Waals surface area contributed by atoms with Crippen molar-refractivity contribution in [3.63, 3.8) is 0 Å². The maximum Gasteiger partial charge on any atom is 0.254 e. The normalized spacial score (nSPS) is 16.4. The van der Waals surface area contributed by atoms with Crippen LogP contribution in [0.4, 0.5) is 0 Å². The summed E-state index contributed by atoms with van der Waals surface area (Å²) in [4.78, 5) is 34.3. The maximum absolute atomic E-state index is 13.3. The third-order valence-electron chi connectivity index (χ3n) is 5.74. The fourth-order valence-corrected chi connectivity index (χ4v) is 4.11. The zero-order valence-electron chi connectivity index (χ0n) is 17.8. The molecule has 4 rings (SSSR count). The van der Waals surface area contributed by atoms with E-state index in [0.29, 0.717) is 25.1 Å². The minimum atomic E-state index is -0.489. The van der Waals surface area contributed by atoms with Crippen molar-refractivity contribution in [1.29, 1.82) is 0 Å². The average molecular weight is 414 g/mol. The molecule has 2 heterocycles. The predicted molar refractivity (Wildman–Crippen MR) is 122 cm³/mol. The number of pyridine rings is 1. The molecule has 1 aromatic heterocycles. The molecule has 0 saturated carbocycles. The van der Waals surface area contributed by atoms with Crippen LogP contribution in [-0.2, 0) is 11.2 Å². The van der Waals surface area contributed by atoms with E-state index in [0.717, 1.165) is 29.7 Å². The number of aromatic nitrogens is 1.